The Kier molecular flexibility index (Phi) is 7.57. The molecule has 1 N–H and O–H groups in total. The number of ether oxygens (including phenoxy) is 2. The molecular formula is C23H26F2N2O4. The molecule has 6 nitrogen and oxygen atoms in total. The number of rotatable bonds is 8. The van der Waals surface area contributed by atoms with E-state index in [-0.39, 0.29) is 36.4 Å². The van der Waals surface area contributed by atoms with Crippen LogP contribution in [0.4, 0.5) is 14.5 Å². The van der Waals surface area contributed by atoms with Gasteiger partial charge in [-0.1, -0.05) is 18.2 Å². The first-order valence-corrected chi connectivity index (χ1v) is 10.2. The second-order valence-corrected chi connectivity index (χ2v) is 7.52. The molecule has 2 amide bonds. The molecule has 0 bridgehead atoms. The fraction of sp³-hybridized carbons (Fsp3) is 0.391. The number of halogens is 2. The lowest BCUT2D eigenvalue weighted by Crippen LogP contribution is -2.42. The molecule has 0 aromatic heterocycles. The SMILES string of the molecule is Cc1cccc(NC(=O)CN(CC2CCCO2)C(=O)c2cccc(OC(F)F)c2)c1C. The number of hydrogen-bond donors (Lipinski definition) is 1. The molecule has 1 aliphatic rings. The number of nitrogens with one attached hydrogen (secondary N) is 1. The van der Waals surface area contributed by atoms with Crippen LogP contribution in [0, 0.1) is 13.8 Å². The molecule has 1 aliphatic heterocycles. The molecule has 8 heteroatoms. The van der Waals surface area contributed by atoms with Gasteiger partial charge in [-0.15, -0.1) is 0 Å². The summed E-state index contributed by atoms with van der Waals surface area (Å²) in [4.78, 5) is 27.3. The van der Waals surface area contributed by atoms with Gasteiger partial charge in [0.1, 0.15) is 12.3 Å². The van der Waals surface area contributed by atoms with Gasteiger partial charge in [0.05, 0.1) is 6.10 Å². The zero-order valence-corrected chi connectivity index (χ0v) is 17.6. The Morgan fingerprint density at radius 1 is 1.23 bits per heavy atom. The summed E-state index contributed by atoms with van der Waals surface area (Å²) in [5, 5.41) is 2.85. The Labute approximate surface area is 180 Å². The summed E-state index contributed by atoms with van der Waals surface area (Å²) in [6, 6.07) is 11.2. The van der Waals surface area contributed by atoms with Crippen LogP contribution in [-0.4, -0.2) is 49.1 Å². The van der Waals surface area contributed by atoms with Crippen molar-refractivity contribution in [1.82, 2.24) is 4.90 Å². The van der Waals surface area contributed by atoms with Gasteiger partial charge in [-0.3, -0.25) is 9.59 Å². The summed E-state index contributed by atoms with van der Waals surface area (Å²) < 4.78 is 35.1. The highest BCUT2D eigenvalue weighted by Gasteiger charge is 2.26. The number of aryl methyl sites for hydroxylation is 1. The summed E-state index contributed by atoms with van der Waals surface area (Å²) in [6.45, 7) is 1.53. The van der Waals surface area contributed by atoms with E-state index < -0.39 is 12.5 Å². The van der Waals surface area contributed by atoms with Crippen LogP contribution in [0.15, 0.2) is 42.5 Å². The van der Waals surface area contributed by atoms with E-state index >= 15 is 0 Å². The van der Waals surface area contributed by atoms with E-state index in [1.807, 2.05) is 26.0 Å². The quantitative estimate of drug-likeness (QED) is 0.680. The molecule has 0 spiro atoms. The highest BCUT2D eigenvalue weighted by Crippen LogP contribution is 2.21. The lowest BCUT2D eigenvalue weighted by atomic mass is 10.1. The molecule has 3 rings (SSSR count). The molecular weight excluding hydrogens is 406 g/mol. The van der Waals surface area contributed by atoms with E-state index in [2.05, 4.69) is 10.1 Å². The molecule has 1 atom stereocenters. The predicted molar refractivity (Wildman–Crippen MR) is 112 cm³/mol. The molecule has 0 aliphatic carbocycles. The van der Waals surface area contributed by atoms with Gasteiger partial charge in [0.25, 0.3) is 5.91 Å². The van der Waals surface area contributed by atoms with Crippen molar-refractivity contribution in [3.8, 4) is 5.75 Å². The number of benzene rings is 2. The fourth-order valence-corrected chi connectivity index (χ4v) is 3.49. The Balaban J connectivity index is 1.76. The number of amides is 2. The van der Waals surface area contributed by atoms with Gasteiger partial charge in [0.15, 0.2) is 0 Å². The summed E-state index contributed by atoms with van der Waals surface area (Å²) in [7, 11) is 0. The molecule has 31 heavy (non-hydrogen) atoms. The van der Waals surface area contributed by atoms with Crippen LogP contribution in [0.3, 0.4) is 0 Å². The largest absolute Gasteiger partial charge is 0.435 e. The van der Waals surface area contributed by atoms with Crippen LogP contribution >= 0.6 is 0 Å². The van der Waals surface area contributed by atoms with Crippen LogP contribution in [-0.2, 0) is 9.53 Å². The molecule has 1 heterocycles. The molecule has 1 saturated heterocycles. The lowest BCUT2D eigenvalue weighted by molar-refractivity contribution is -0.117. The molecule has 1 unspecified atom stereocenters. The average Bonchev–Trinajstić information content (AvgIpc) is 3.23. The van der Waals surface area contributed by atoms with Gasteiger partial charge in [0, 0.05) is 24.4 Å². The van der Waals surface area contributed by atoms with Gasteiger partial charge in [0.2, 0.25) is 5.91 Å². The minimum absolute atomic E-state index is 0.113. The highest BCUT2D eigenvalue weighted by atomic mass is 19.3. The van der Waals surface area contributed by atoms with Crippen molar-refractivity contribution in [3.05, 3.63) is 59.2 Å². The van der Waals surface area contributed by atoms with E-state index in [0.29, 0.717) is 12.3 Å². The maximum atomic E-state index is 13.1. The Bertz CT molecular complexity index is 930. The van der Waals surface area contributed by atoms with Crippen molar-refractivity contribution in [2.45, 2.75) is 39.4 Å². The van der Waals surface area contributed by atoms with Crippen LogP contribution in [0.5, 0.6) is 5.75 Å². The van der Waals surface area contributed by atoms with Crippen molar-refractivity contribution >= 4 is 17.5 Å². The zero-order valence-electron chi connectivity index (χ0n) is 17.6. The normalized spacial score (nSPS) is 15.7. The summed E-state index contributed by atoms with van der Waals surface area (Å²) in [5.41, 5.74) is 2.84. The maximum absolute atomic E-state index is 13.1. The van der Waals surface area contributed by atoms with Crippen LogP contribution in [0.1, 0.15) is 34.3 Å². The number of carbonyl (C=O) groups excluding carboxylic acids is 2. The predicted octanol–water partition coefficient (Wildman–Crippen LogP) is 4.16. The van der Waals surface area contributed by atoms with Crippen molar-refractivity contribution in [2.24, 2.45) is 0 Å². The molecule has 2 aromatic rings. The first-order valence-electron chi connectivity index (χ1n) is 10.2. The molecule has 0 radical (unpaired) electrons. The van der Waals surface area contributed by atoms with Crippen molar-refractivity contribution in [2.75, 3.05) is 25.0 Å². The van der Waals surface area contributed by atoms with E-state index in [4.69, 9.17) is 4.74 Å². The number of alkyl halides is 2. The van der Waals surface area contributed by atoms with Crippen LogP contribution in [0.25, 0.3) is 0 Å². The van der Waals surface area contributed by atoms with E-state index in [9.17, 15) is 18.4 Å². The van der Waals surface area contributed by atoms with Gasteiger partial charge >= 0.3 is 6.61 Å². The first-order chi connectivity index (χ1) is 14.8. The van der Waals surface area contributed by atoms with E-state index in [1.54, 1.807) is 6.07 Å². The minimum atomic E-state index is -2.99. The van der Waals surface area contributed by atoms with Gasteiger partial charge in [-0.25, -0.2) is 0 Å². The number of anilines is 1. The Morgan fingerprint density at radius 3 is 2.71 bits per heavy atom. The standard InChI is InChI=1S/C23H26F2N2O4/c1-15-6-3-10-20(16(15)2)26-21(28)14-27(13-19-9-5-11-30-19)22(29)17-7-4-8-18(12-17)31-23(24)25/h3-4,6-8,10,12,19,23H,5,9,11,13-14H2,1-2H3,(H,26,28). The summed E-state index contributed by atoms with van der Waals surface area (Å²) in [6.07, 6.45) is 1.51. The first kappa shape index (κ1) is 22.7. The minimum Gasteiger partial charge on any atom is -0.435 e. The van der Waals surface area contributed by atoms with Crippen LogP contribution < -0.4 is 10.1 Å². The zero-order chi connectivity index (χ0) is 22.4. The van der Waals surface area contributed by atoms with Crippen molar-refractivity contribution in [3.63, 3.8) is 0 Å². The molecule has 1 fully saturated rings. The van der Waals surface area contributed by atoms with Crippen molar-refractivity contribution in [1.29, 1.82) is 0 Å². The summed E-state index contributed by atoms with van der Waals surface area (Å²) in [5.74, 6) is -0.913. The second-order valence-electron chi connectivity index (χ2n) is 7.52. The van der Waals surface area contributed by atoms with Gasteiger partial charge < -0.3 is 19.7 Å². The maximum Gasteiger partial charge on any atom is 0.387 e. The topological polar surface area (TPSA) is 67.9 Å². The molecule has 0 saturated carbocycles. The third-order valence-corrected chi connectivity index (χ3v) is 5.25. The third-order valence-electron chi connectivity index (χ3n) is 5.25. The number of hydrogen-bond acceptors (Lipinski definition) is 4. The molecule has 166 valence electrons. The van der Waals surface area contributed by atoms with Crippen molar-refractivity contribution < 1.29 is 27.8 Å². The number of carbonyl (C=O) groups is 2. The van der Waals surface area contributed by atoms with Gasteiger partial charge in [-0.05, 0) is 62.1 Å². The Hall–Kier alpha value is -3.00. The Morgan fingerprint density at radius 2 is 2.00 bits per heavy atom. The third kappa shape index (κ3) is 6.24. The smallest absolute Gasteiger partial charge is 0.387 e. The summed E-state index contributed by atoms with van der Waals surface area (Å²) >= 11 is 0. The molecule has 2 aromatic carbocycles. The lowest BCUT2D eigenvalue weighted by Gasteiger charge is -2.25. The highest BCUT2D eigenvalue weighted by molar-refractivity contribution is 5.99. The van der Waals surface area contributed by atoms with E-state index in [1.165, 1.54) is 29.2 Å². The average molecular weight is 432 g/mol. The monoisotopic (exact) mass is 432 g/mol. The second kappa shape index (κ2) is 10.3. The van der Waals surface area contributed by atoms with Crippen LogP contribution in [0.2, 0.25) is 0 Å². The fourth-order valence-electron chi connectivity index (χ4n) is 3.49. The van der Waals surface area contributed by atoms with Gasteiger partial charge in [-0.2, -0.15) is 8.78 Å². The van der Waals surface area contributed by atoms with E-state index in [0.717, 1.165) is 24.0 Å². The number of nitrogens with zero attached hydrogens (tertiary/aromatic N) is 1.